The summed E-state index contributed by atoms with van der Waals surface area (Å²) in [6.45, 7) is 3.10. The summed E-state index contributed by atoms with van der Waals surface area (Å²) in [5.74, 6) is 6.85. The van der Waals surface area contributed by atoms with Crippen molar-refractivity contribution in [3.63, 3.8) is 0 Å². The molecule has 5 N–H and O–H groups in total. The van der Waals surface area contributed by atoms with Gasteiger partial charge in [0.15, 0.2) is 5.72 Å². The molecule has 10 heavy (non-hydrogen) atoms. The molecule has 2 unspecified atom stereocenters. The lowest BCUT2D eigenvalue weighted by molar-refractivity contribution is -1.54. The van der Waals surface area contributed by atoms with E-state index < -0.39 is 11.1 Å². The van der Waals surface area contributed by atoms with Crippen molar-refractivity contribution in [2.45, 2.75) is 19.6 Å². The number of quaternary nitrogens is 2. The Morgan fingerprint density at radius 3 is 2.10 bits per heavy atom. The van der Waals surface area contributed by atoms with Gasteiger partial charge in [0.2, 0.25) is 0 Å². The van der Waals surface area contributed by atoms with Crippen LogP contribution in [0.2, 0.25) is 0 Å². The van der Waals surface area contributed by atoms with Gasteiger partial charge in [0.05, 0.1) is 0 Å². The third-order valence-corrected chi connectivity index (χ3v) is 0.662. The van der Waals surface area contributed by atoms with E-state index in [4.69, 9.17) is 11.6 Å². The monoisotopic (exact) mass is 150 g/mol. The van der Waals surface area contributed by atoms with Gasteiger partial charge in [-0.15, -0.1) is 4.84 Å². The Kier molecular flexibility index (Phi) is 3.16. The summed E-state index contributed by atoms with van der Waals surface area (Å²) in [4.78, 5) is 4.61. The fraction of sp³-hybridized carbons (Fsp3) is 1.00. The van der Waals surface area contributed by atoms with Gasteiger partial charge in [0.1, 0.15) is 7.05 Å². The molecule has 6 nitrogen and oxygen atoms in total. The van der Waals surface area contributed by atoms with Crippen LogP contribution in [-0.4, -0.2) is 12.8 Å². The molecule has 0 aliphatic rings. The lowest BCUT2D eigenvalue weighted by atomic mass is 10.3. The van der Waals surface area contributed by atoms with E-state index in [1.54, 1.807) is 13.8 Å². The lowest BCUT2D eigenvalue weighted by Crippen LogP contribution is -3.53. The number of rotatable bonds is 3. The second-order valence-electron chi connectivity index (χ2n) is 2.62. The third-order valence-electron chi connectivity index (χ3n) is 0.662. The quantitative estimate of drug-likeness (QED) is 0.304. The lowest BCUT2D eigenvalue weighted by Gasteiger charge is -2.31. The third kappa shape index (κ3) is 4.62. The van der Waals surface area contributed by atoms with Crippen LogP contribution in [0, 0.1) is 5.21 Å². The standard InChI is InChI=1S/C4H14N4O2/c1-4(2,5)10-8(9)7(3)6/h6-8H,5H2,1-3H3. The molecule has 0 aliphatic heterocycles. The summed E-state index contributed by atoms with van der Waals surface area (Å²) in [6.07, 6.45) is 0. The molecule has 0 aromatic rings. The Morgan fingerprint density at radius 1 is 1.60 bits per heavy atom. The van der Waals surface area contributed by atoms with Crippen LogP contribution >= 0.6 is 0 Å². The Balaban J connectivity index is 3.68. The minimum atomic E-state index is -0.987. The summed E-state index contributed by atoms with van der Waals surface area (Å²) < 4.78 is 0. The van der Waals surface area contributed by atoms with Crippen molar-refractivity contribution in [2.24, 2.45) is 5.73 Å². The van der Waals surface area contributed by atoms with Crippen LogP contribution in [0.5, 0.6) is 0 Å². The Labute approximate surface area is 59.8 Å². The van der Waals surface area contributed by atoms with Gasteiger partial charge >= 0.3 is 0 Å². The highest BCUT2D eigenvalue weighted by molar-refractivity contribution is 4.50. The number of nitrogens with two attached hydrogens (primary N) is 1. The van der Waals surface area contributed by atoms with Crippen LogP contribution in [0.25, 0.3) is 5.84 Å². The first-order chi connectivity index (χ1) is 4.33. The zero-order valence-corrected chi connectivity index (χ0v) is 6.39. The SMILES string of the molecule is C[NH+]([NH-])[NH+]([O-])OC(C)(C)N. The van der Waals surface area contributed by atoms with Crippen molar-refractivity contribution < 1.29 is 15.3 Å². The highest BCUT2D eigenvalue weighted by Crippen LogP contribution is 1.90. The first-order valence-electron chi connectivity index (χ1n) is 2.90. The van der Waals surface area contributed by atoms with E-state index in [1.165, 1.54) is 7.05 Å². The van der Waals surface area contributed by atoms with Crippen molar-refractivity contribution in [3.05, 3.63) is 11.0 Å². The van der Waals surface area contributed by atoms with Gasteiger partial charge < -0.3 is 11.0 Å². The van der Waals surface area contributed by atoms with Crippen LogP contribution in [0.1, 0.15) is 13.8 Å². The molecule has 6 heteroatoms. The molecular formula is C4H14N4O2. The molecule has 0 radical (unpaired) electrons. The predicted octanol–water partition coefficient (Wildman–Crippen LogP) is -2.61. The molecule has 0 saturated carbocycles. The van der Waals surface area contributed by atoms with Crippen LogP contribution in [0.3, 0.4) is 0 Å². The summed E-state index contributed by atoms with van der Waals surface area (Å²) >= 11 is 0. The molecule has 0 bridgehead atoms. The number of hydrogen-bond donors (Lipinski definition) is 3. The molecule has 0 spiro atoms. The van der Waals surface area contributed by atoms with E-state index >= 15 is 0 Å². The molecule has 0 heterocycles. The first-order valence-corrected chi connectivity index (χ1v) is 2.90. The average molecular weight is 150 g/mol. The van der Waals surface area contributed by atoms with Crippen molar-refractivity contribution in [1.82, 2.24) is 0 Å². The van der Waals surface area contributed by atoms with E-state index in [1.807, 2.05) is 0 Å². The summed E-state index contributed by atoms with van der Waals surface area (Å²) in [5.41, 5.74) is 4.35. The molecular weight excluding hydrogens is 136 g/mol. The number of nitrogens with one attached hydrogen (secondary N) is 3. The van der Waals surface area contributed by atoms with Crippen LogP contribution < -0.4 is 16.2 Å². The predicted molar refractivity (Wildman–Crippen MR) is 34.9 cm³/mol. The second kappa shape index (κ2) is 3.24. The topological polar surface area (TPSA) is 91.0 Å². The minimum Gasteiger partial charge on any atom is -0.550 e. The van der Waals surface area contributed by atoms with E-state index in [0.717, 1.165) is 0 Å². The molecule has 62 valence electrons. The van der Waals surface area contributed by atoms with Gasteiger partial charge in [0.25, 0.3) is 0 Å². The molecule has 0 amide bonds. The van der Waals surface area contributed by atoms with Gasteiger partial charge in [-0.3, -0.25) is 5.73 Å². The van der Waals surface area contributed by atoms with Crippen LogP contribution in [-0.2, 0) is 4.84 Å². The van der Waals surface area contributed by atoms with Gasteiger partial charge in [-0.05, 0) is 13.8 Å². The van der Waals surface area contributed by atoms with Crippen molar-refractivity contribution in [3.8, 4) is 0 Å². The van der Waals surface area contributed by atoms with E-state index in [-0.39, 0.29) is 5.12 Å². The molecule has 0 aliphatic carbocycles. The van der Waals surface area contributed by atoms with Crippen LogP contribution in [0.4, 0.5) is 0 Å². The van der Waals surface area contributed by atoms with Gasteiger partial charge in [-0.2, -0.15) is 0 Å². The van der Waals surface area contributed by atoms with Crippen molar-refractivity contribution in [2.75, 3.05) is 7.05 Å². The Bertz CT molecular complexity index is 99.9. The fourth-order valence-electron chi connectivity index (χ4n) is 0.315. The molecule has 0 rings (SSSR count). The maximum Gasteiger partial charge on any atom is 0.177 e. The molecule has 0 aromatic carbocycles. The maximum absolute atomic E-state index is 10.6. The average Bonchev–Trinajstić information content (AvgIpc) is 1.60. The van der Waals surface area contributed by atoms with Crippen molar-refractivity contribution in [1.29, 1.82) is 0 Å². The normalized spacial score (nSPS) is 18.6. The summed E-state index contributed by atoms with van der Waals surface area (Å²) in [6, 6.07) is 0. The summed E-state index contributed by atoms with van der Waals surface area (Å²) in [7, 11) is 1.36. The van der Waals surface area contributed by atoms with E-state index in [2.05, 4.69) is 4.84 Å². The van der Waals surface area contributed by atoms with E-state index in [9.17, 15) is 5.21 Å². The minimum absolute atomic E-state index is 0.140. The van der Waals surface area contributed by atoms with Gasteiger partial charge in [-0.1, -0.05) is 5.34 Å². The maximum atomic E-state index is 10.6. The summed E-state index contributed by atoms with van der Waals surface area (Å²) in [5, 5.41) is 9.82. The molecule has 2 atom stereocenters. The largest absolute Gasteiger partial charge is 0.550 e. The highest BCUT2D eigenvalue weighted by atomic mass is 16.9. The molecule has 0 saturated heterocycles. The Hall–Kier alpha value is -0.240. The van der Waals surface area contributed by atoms with E-state index in [0.29, 0.717) is 0 Å². The van der Waals surface area contributed by atoms with Crippen molar-refractivity contribution >= 4 is 0 Å². The fourth-order valence-corrected chi connectivity index (χ4v) is 0.315. The first kappa shape index (κ1) is 9.76. The molecule has 0 aromatic heterocycles. The van der Waals surface area contributed by atoms with Gasteiger partial charge in [-0.25, -0.2) is 5.12 Å². The smallest absolute Gasteiger partial charge is 0.177 e. The zero-order valence-electron chi connectivity index (χ0n) is 6.39. The highest BCUT2D eigenvalue weighted by Gasteiger charge is 2.17. The zero-order chi connectivity index (χ0) is 8.36. The Morgan fingerprint density at radius 2 is 2.00 bits per heavy atom. The second-order valence-corrected chi connectivity index (χ2v) is 2.62. The van der Waals surface area contributed by atoms with Crippen LogP contribution in [0.15, 0.2) is 0 Å². The van der Waals surface area contributed by atoms with Gasteiger partial charge in [0, 0.05) is 0 Å². The molecule has 0 fully saturated rings. The number of hydrogen-bond acceptors (Lipinski definition) is 3.